The molecule has 1 aliphatic rings. The second kappa shape index (κ2) is 8.06. The fourth-order valence-corrected chi connectivity index (χ4v) is 3.96. The van der Waals surface area contributed by atoms with Gasteiger partial charge in [0.1, 0.15) is 5.82 Å². The van der Waals surface area contributed by atoms with Crippen LogP contribution in [-0.4, -0.2) is 45.4 Å². The van der Waals surface area contributed by atoms with Crippen molar-refractivity contribution in [1.82, 2.24) is 10.2 Å². The predicted molar refractivity (Wildman–Crippen MR) is 102 cm³/mol. The summed E-state index contributed by atoms with van der Waals surface area (Å²) in [6.07, 6.45) is 0.872. The van der Waals surface area contributed by atoms with E-state index in [0.29, 0.717) is 24.2 Å². The minimum absolute atomic E-state index is 0.138. The number of nitrogens with zero attached hydrogens (tertiary/aromatic N) is 1. The second-order valence-electron chi connectivity index (χ2n) is 6.49. The third-order valence-corrected chi connectivity index (χ3v) is 5.82. The Balaban J connectivity index is 1.80. The molecular formula is C19H22FN3O3S. The second-order valence-corrected chi connectivity index (χ2v) is 8.18. The Morgan fingerprint density at radius 1 is 1.15 bits per heavy atom. The molecule has 8 heteroatoms. The van der Waals surface area contributed by atoms with Gasteiger partial charge in [-0.1, -0.05) is 12.1 Å². The van der Waals surface area contributed by atoms with E-state index in [1.54, 1.807) is 30.0 Å². The minimum Gasteiger partial charge on any atom is -0.337 e. The van der Waals surface area contributed by atoms with Crippen molar-refractivity contribution in [3.05, 3.63) is 59.4 Å². The van der Waals surface area contributed by atoms with Gasteiger partial charge in [-0.2, -0.15) is 0 Å². The summed E-state index contributed by atoms with van der Waals surface area (Å²) in [5, 5.41) is 3.24. The van der Waals surface area contributed by atoms with Gasteiger partial charge in [-0.05, 0) is 55.8 Å². The lowest BCUT2D eigenvalue weighted by Gasteiger charge is -2.20. The highest BCUT2D eigenvalue weighted by Gasteiger charge is 2.19. The van der Waals surface area contributed by atoms with Crippen molar-refractivity contribution in [2.45, 2.75) is 18.2 Å². The molecule has 0 saturated carbocycles. The van der Waals surface area contributed by atoms with Crippen molar-refractivity contribution in [2.75, 3.05) is 30.9 Å². The summed E-state index contributed by atoms with van der Waals surface area (Å²) in [4.78, 5) is 14.3. The molecule has 27 heavy (non-hydrogen) atoms. The molecule has 6 nitrogen and oxygen atoms in total. The van der Waals surface area contributed by atoms with Crippen LogP contribution in [0.25, 0.3) is 0 Å². The molecule has 0 aliphatic carbocycles. The van der Waals surface area contributed by atoms with Gasteiger partial charge in [-0.15, -0.1) is 0 Å². The summed E-state index contributed by atoms with van der Waals surface area (Å²) in [5.41, 5.74) is 1.04. The summed E-state index contributed by atoms with van der Waals surface area (Å²) in [6, 6.07) is 10.1. The largest absolute Gasteiger partial charge is 0.337 e. The Bertz CT molecular complexity index is 939. The van der Waals surface area contributed by atoms with Crippen LogP contribution in [0.4, 0.5) is 10.1 Å². The number of benzene rings is 2. The molecule has 1 amide bonds. The molecule has 144 valence electrons. The topological polar surface area (TPSA) is 78.5 Å². The number of aryl methyl sites for hydroxylation is 1. The molecule has 0 radical (unpaired) electrons. The van der Waals surface area contributed by atoms with Gasteiger partial charge in [0.15, 0.2) is 0 Å². The maximum absolute atomic E-state index is 13.7. The Hall–Kier alpha value is -2.45. The number of sulfonamides is 1. The van der Waals surface area contributed by atoms with Crippen LogP contribution in [0.5, 0.6) is 0 Å². The van der Waals surface area contributed by atoms with E-state index in [2.05, 4.69) is 10.0 Å². The molecule has 1 aliphatic heterocycles. The average Bonchev–Trinajstić information content (AvgIpc) is 2.92. The van der Waals surface area contributed by atoms with Crippen LogP contribution >= 0.6 is 0 Å². The highest BCUT2D eigenvalue weighted by atomic mass is 32.2. The molecule has 2 N–H and O–H groups in total. The van der Waals surface area contributed by atoms with E-state index in [1.807, 2.05) is 0 Å². The maximum Gasteiger partial charge on any atom is 0.261 e. The van der Waals surface area contributed by atoms with Gasteiger partial charge in [0, 0.05) is 30.9 Å². The fraction of sp³-hybridized carbons (Fsp3) is 0.316. The van der Waals surface area contributed by atoms with Gasteiger partial charge in [-0.3, -0.25) is 9.52 Å². The first-order chi connectivity index (χ1) is 12.9. The third kappa shape index (κ3) is 4.64. The summed E-state index contributed by atoms with van der Waals surface area (Å²) in [6.45, 7) is 4.43. The van der Waals surface area contributed by atoms with Crippen LogP contribution in [0, 0.1) is 12.7 Å². The highest BCUT2D eigenvalue weighted by Crippen LogP contribution is 2.20. The van der Waals surface area contributed by atoms with Crippen molar-refractivity contribution in [2.24, 2.45) is 0 Å². The van der Waals surface area contributed by atoms with Crippen LogP contribution in [0.3, 0.4) is 0 Å². The molecule has 1 saturated heterocycles. The van der Waals surface area contributed by atoms with E-state index in [9.17, 15) is 17.6 Å². The minimum atomic E-state index is -3.95. The van der Waals surface area contributed by atoms with Crippen molar-refractivity contribution in [3.8, 4) is 0 Å². The number of carbonyl (C=O) groups excluding carboxylic acids is 1. The average molecular weight is 391 g/mol. The number of anilines is 1. The zero-order valence-corrected chi connectivity index (χ0v) is 15.9. The van der Waals surface area contributed by atoms with Crippen LogP contribution in [0.1, 0.15) is 22.3 Å². The van der Waals surface area contributed by atoms with E-state index in [1.165, 1.54) is 18.2 Å². The van der Waals surface area contributed by atoms with E-state index in [4.69, 9.17) is 0 Å². The normalized spacial score (nSPS) is 15.3. The molecule has 1 heterocycles. The number of carbonyl (C=O) groups is 1. The van der Waals surface area contributed by atoms with E-state index in [-0.39, 0.29) is 16.5 Å². The molecule has 0 unspecified atom stereocenters. The van der Waals surface area contributed by atoms with Gasteiger partial charge in [0.05, 0.1) is 4.90 Å². The lowest BCUT2D eigenvalue weighted by Crippen LogP contribution is -2.34. The van der Waals surface area contributed by atoms with Crippen molar-refractivity contribution in [3.63, 3.8) is 0 Å². The van der Waals surface area contributed by atoms with E-state index >= 15 is 0 Å². The quantitative estimate of drug-likeness (QED) is 0.839. The Kier molecular flexibility index (Phi) is 5.76. The maximum atomic E-state index is 13.7. The van der Waals surface area contributed by atoms with Gasteiger partial charge < -0.3 is 10.2 Å². The van der Waals surface area contributed by atoms with Crippen molar-refractivity contribution in [1.29, 1.82) is 0 Å². The van der Waals surface area contributed by atoms with E-state index in [0.717, 1.165) is 25.6 Å². The first kappa shape index (κ1) is 19.3. The Morgan fingerprint density at radius 2 is 1.96 bits per heavy atom. The number of halogens is 1. The fourth-order valence-electron chi connectivity index (χ4n) is 2.90. The first-order valence-electron chi connectivity index (χ1n) is 8.76. The smallest absolute Gasteiger partial charge is 0.261 e. The number of rotatable bonds is 4. The van der Waals surface area contributed by atoms with Crippen LogP contribution in [0.15, 0.2) is 47.4 Å². The van der Waals surface area contributed by atoms with Gasteiger partial charge in [-0.25, -0.2) is 12.8 Å². The first-order valence-corrected chi connectivity index (χ1v) is 10.2. The lowest BCUT2D eigenvalue weighted by atomic mass is 10.1. The number of amides is 1. The molecule has 0 spiro atoms. The summed E-state index contributed by atoms with van der Waals surface area (Å²) in [5.74, 6) is -0.724. The lowest BCUT2D eigenvalue weighted by molar-refractivity contribution is 0.0766. The summed E-state index contributed by atoms with van der Waals surface area (Å²) in [7, 11) is -3.95. The molecule has 3 rings (SSSR count). The molecule has 2 aromatic carbocycles. The monoisotopic (exact) mass is 391 g/mol. The molecule has 0 aromatic heterocycles. The van der Waals surface area contributed by atoms with Gasteiger partial charge in [0.2, 0.25) is 0 Å². The molecular weight excluding hydrogens is 369 g/mol. The zero-order chi connectivity index (χ0) is 19.4. The summed E-state index contributed by atoms with van der Waals surface area (Å²) >= 11 is 0. The van der Waals surface area contributed by atoms with E-state index < -0.39 is 15.8 Å². The molecule has 0 bridgehead atoms. The summed E-state index contributed by atoms with van der Waals surface area (Å²) < 4.78 is 41.1. The van der Waals surface area contributed by atoms with Gasteiger partial charge >= 0.3 is 0 Å². The third-order valence-electron chi connectivity index (χ3n) is 4.44. The van der Waals surface area contributed by atoms with Crippen LogP contribution in [0.2, 0.25) is 0 Å². The zero-order valence-electron chi connectivity index (χ0n) is 15.0. The van der Waals surface area contributed by atoms with Crippen molar-refractivity contribution >= 4 is 21.6 Å². The molecule has 1 fully saturated rings. The Morgan fingerprint density at radius 3 is 2.74 bits per heavy atom. The standard InChI is InChI=1S/C19H22FN3O3S/c1-14-6-7-17(13-18(14)20)27(25,26)22-16-5-2-4-15(12-16)19(24)23-10-3-8-21-9-11-23/h2,4-7,12-13,21-22H,3,8-11H2,1H3. The Labute approximate surface area is 158 Å². The number of hydrogen-bond donors (Lipinski definition) is 2. The molecule has 2 aromatic rings. The molecule has 0 atom stereocenters. The van der Waals surface area contributed by atoms with Crippen LogP contribution in [-0.2, 0) is 10.0 Å². The predicted octanol–water partition coefficient (Wildman–Crippen LogP) is 2.37. The SMILES string of the molecule is Cc1ccc(S(=O)(=O)Nc2cccc(C(=O)N3CCCNCC3)c2)cc1F. The van der Waals surface area contributed by atoms with Gasteiger partial charge in [0.25, 0.3) is 15.9 Å². The van der Waals surface area contributed by atoms with Crippen LogP contribution < -0.4 is 10.0 Å². The number of nitrogens with one attached hydrogen (secondary N) is 2. The van der Waals surface area contributed by atoms with Crippen molar-refractivity contribution < 1.29 is 17.6 Å². The highest BCUT2D eigenvalue weighted by molar-refractivity contribution is 7.92. The number of hydrogen-bond acceptors (Lipinski definition) is 4.